The summed E-state index contributed by atoms with van der Waals surface area (Å²) in [7, 11) is 3.87. The normalized spacial score (nSPS) is 14.8. The lowest BCUT2D eigenvalue weighted by atomic mass is 9.81. The van der Waals surface area contributed by atoms with Crippen molar-refractivity contribution in [2.45, 2.75) is 19.3 Å². The van der Waals surface area contributed by atoms with Gasteiger partial charge in [-0.05, 0) is 37.4 Å². The van der Waals surface area contributed by atoms with Gasteiger partial charge in [-0.25, -0.2) is 0 Å². The lowest BCUT2D eigenvalue weighted by molar-refractivity contribution is -0.401. The van der Waals surface area contributed by atoms with E-state index in [0.29, 0.717) is 0 Å². The van der Waals surface area contributed by atoms with Gasteiger partial charge in [-0.15, -0.1) is 11.3 Å². The minimum absolute atomic E-state index is 0. The number of aromatic amines is 1. The number of hydrogen-bond acceptors (Lipinski definition) is 2. The number of hydrogen-bond donors (Lipinski definition) is 1. The number of rotatable bonds is 4. The van der Waals surface area contributed by atoms with Gasteiger partial charge in [0, 0.05) is 28.5 Å². The molecule has 2 aromatic heterocycles. The maximum atomic E-state index is 5.68. The zero-order valence-corrected chi connectivity index (χ0v) is 21.0. The van der Waals surface area contributed by atoms with Crippen molar-refractivity contribution in [2.75, 3.05) is 14.2 Å². The molecule has 1 aliphatic rings. The fourth-order valence-electron chi connectivity index (χ4n) is 4.46. The maximum absolute atomic E-state index is 5.68. The van der Waals surface area contributed by atoms with Gasteiger partial charge in [0.2, 0.25) is 5.69 Å². The Morgan fingerprint density at radius 1 is 1.00 bits per heavy atom. The van der Waals surface area contributed by atoms with Gasteiger partial charge in [0.25, 0.3) is 0 Å². The van der Waals surface area contributed by atoms with E-state index in [9.17, 15) is 0 Å². The van der Waals surface area contributed by atoms with E-state index in [1.54, 1.807) is 18.4 Å². The van der Waals surface area contributed by atoms with E-state index >= 15 is 0 Å². The summed E-state index contributed by atoms with van der Waals surface area (Å²) in [5.41, 5.74) is 5.92. The van der Waals surface area contributed by atoms with Crippen molar-refractivity contribution in [1.82, 2.24) is 4.98 Å². The Labute approximate surface area is 204 Å². The number of fused-ring (bicyclic) bond motifs is 2. The molecule has 0 atom stereocenters. The zero-order chi connectivity index (χ0) is 20.9. The Morgan fingerprint density at radius 3 is 2.48 bits per heavy atom. The lowest BCUT2D eigenvalue weighted by Gasteiger charge is -2.15. The quantitative estimate of drug-likeness (QED) is 0.311. The van der Waals surface area contributed by atoms with Gasteiger partial charge in [0.05, 0.1) is 28.8 Å². The highest BCUT2D eigenvalue weighted by Crippen LogP contribution is 2.40. The number of benzene rings is 2. The molecule has 5 heteroatoms. The molecule has 0 amide bonds. The van der Waals surface area contributed by atoms with Crippen LogP contribution in [-0.2, 0) is 5.41 Å². The van der Waals surface area contributed by atoms with Gasteiger partial charge < -0.3 is 33.7 Å². The van der Waals surface area contributed by atoms with Gasteiger partial charge >= 0.3 is 0 Å². The van der Waals surface area contributed by atoms with Crippen LogP contribution < -0.4 is 28.7 Å². The van der Waals surface area contributed by atoms with E-state index < -0.39 is 0 Å². The molecule has 0 bridgehead atoms. The standard InChI is InChI=1S/C26H24N2OS.HI/c1-26(2)18-10-6-7-11-21(18)28(3)25(26)14-13-19-22(29-4)16-20(27-19)24-15-17-9-5-8-12-23(17)30-24;/h5-16H,1-4H3;1H. The van der Waals surface area contributed by atoms with Crippen molar-refractivity contribution in [1.29, 1.82) is 0 Å². The van der Waals surface area contributed by atoms with Gasteiger partial charge in [-0.3, -0.25) is 0 Å². The van der Waals surface area contributed by atoms with Crippen molar-refractivity contribution in [3.05, 3.63) is 78.0 Å². The number of allylic oxidation sites excluding steroid dienone is 1. The predicted octanol–water partition coefficient (Wildman–Crippen LogP) is 3.63. The third kappa shape index (κ3) is 3.64. The molecule has 5 rings (SSSR count). The molecule has 2 aromatic carbocycles. The van der Waals surface area contributed by atoms with Gasteiger partial charge in [0.15, 0.2) is 5.71 Å². The summed E-state index contributed by atoms with van der Waals surface area (Å²) in [5, 5.41) is 1.27. The largest absolute Gasteiger partial charge is 1.00 e. The number of methoxy groups -OCH3 is 1. The Hall–Kier alpha value is -2.38. The van der Waals surface area contributed by atoms with Crippen molar-refractivity contribution in [3.8, 4) is 16.3 Å². The average molecular weight is 540 g/mol. The van der Waals surface area contributed by atoms with E-state index in [1.807, 2.05) is 0 Å². The first-order valence-corrected chi connectivity index (χ1v) is 11.0. The number of ether oxygens (including phenoxy) is 1. The van der Waals surface area contributed by atoms with Crippen LogP contribution in [0.4, 0.5) is 5.69 Å². The number of para-hydroxylation sites is 1. The predicted molar refractivity (Wildman–Crippen MR) is 128 cm³/mol. The molecule has 0 saturated carbocycles. The van der Waals surface area contributed by atoms with E-state index in [4.69, 9.17) is 4.74 Å². The van der Waals surface area contributed by atoms with Crippen LogP contribution in [0, 0.1) is 0 Å². The summed E-state index contributed by atoms with van der Waals surface area (Å²) in [4.78, 5) is 4.78. The zero-order valence-electron chi connectivity index (χ0n) is 18.1. The van der Waals surface area contributed by atoms with Crippen molar-refractivity contribution in [2.24, 2.45) is 0 Å². The number of nitrogens with one attached hydrogen (secondary N) is 1. The van der Waals surface area contributed by atoms with Crippen molar-refractivity contribution >= 4 is 38.9 Å². The summed E-state index contributed by atoms with van der Waals surface area (Å²) in [6, 6.07) is 21.4. The maximum Gasteiger partial charge on any atom is 0.209 e. The van der Waals surface area contributed by atoms with Crippen LogP contribution in [-0.4, -0.2) is 29.4 Å². The summed E-state index contributed by atoms with van der Waals surface area (Å²) in [5.74, 6) is 0.857. The van der Waals surface area contributed by atoms with Crippen LogP contribution >= 0.6 is 11.3 Å². The lowest BCUT2D eigenvalue weighted by Crippen LogP contribution is -3.00. The molecule has 31 heavy (non-hydrogen) atoms. The minimum atomic E-state index is -0.0457. The second-order valence-electron chi connectivity index (χ2n) is 8.23. The fourth-order valence-corrected chi connectivity index (χ4v) is 5.49. The molecule has 4 aromatic rings. The number of H-pyrrole nitrogens is 1. The summed E-state index contributed by atoms with van der Waals surface area (Å²) in [6.45, 7) is 4.56. The second kappa shape index (κ2) is 8.28. The molecule has 158 valence electrons. The third-order valence-electron chi connectivity index (χ3n) is 6.07. The van der Waals surface area contributed by atoms with Gasteiger partial charge in [-0.2, -0.15) is 4.58 Å². The molecule has 0 fully saturated rings. The summed E-state index contributed by atoms with van der Waals surface area (Å²) < 4.78 is 9.25. The first-order valence-electron chi connectivity index (χ1n) is 10.1. The Kier molecular flexibility index (Phi) is 5.83. The summed E-state index contributed by atoms with van der Waals surface area (Å²) in [6.07, 6.45) is 4.35. The highest BCUT2D eigenvalue weighted by Gasteiger charge is 2.42. The highest BCUT2D eigenvalue weighted by molar-refractivity contribution is 7.22. The number of nitrogens with zero attached hydrogens (tertiary/aromatic N) is 1. The van der Waals surface area contributed by atoms with E-state index in [-0.39, 0.29) is 29.4 Å². The first-order chi connectivity index (χ1) is 14.5. The number of aromatic nitrogens is 1. The smallest absolute Gasteiger partial charge is 0.209 e. The number of halogens is 1. The molecule has 0 saturated heterocycles. The summed E-state index contributed by atoms with van der Waals surface area (Å²) >= 11 is 1.79. The molecule has 0 aliphatic carbocycles. The van der Waals surface area contributed by atoms with Gasteiger partial charge in [-0.1, -0.05) is 36.4 Å². The molecule has 0 unspecified atom stereocenters. The van der Waals surface area contributed by atoms with Crippen LogP contribution in [0.2, 0.25) is 0 Å². The Balaban J connectivity index is 0.00000231. The second-order valence-corrected chi connectivity index (χ2v) is 9.32. The van der Waals surface area contributed by atoms with E-state index in [1.165, 1.54) is 31.9 Å². The molecule has 1 aliphatic heterocycles. The minimum Gasteiger partial charge on any atom is -1.00 e. The molecule has 1 N–H and O–H groups in total. The SMILES string of the molecule is COc1cc(-c2cc3ccccc3s2)[nH]c1/C=C/C1=[N+](C)c2ccccc2C1(C)C.[I-]. The highest BCUT2D eigenvalue weighted by atomic mass is 127. The molecule has 3 heterocycles. The third-order valence-corrected chi connectivity index (χ3v) is 7.22. The fraction of sp³-hybridized carbons (Fsp3) is 0.192. The van der Waals surface area contributed by atoms with Crippen molar-refractivity contribution in [3.63, 3.8) is 0 Å². The average Bonchev–Trinajstić information content (AvgIpc) is 3.41. The topological polar surface area (TPSA) is 28.0 Å². The monoisotopic (exact) mass is 540 g/mol. The van der Waals surface area contributed by atoms with Crippen LogP contribution in [0.25, 0.3) is 26.7 Å². The van der Waals surface area contributed by atoms with E-state index in [0.717, 1.165) is 17.1 Å². The number of thiophene rings is 1. The van der Waals surface area contributed by atoms with Crippen LogP contribution in [0.3, 0.4) is 0 Å². The molecule has 0 radical (unpaired) electrons. The van der Waals surface area contributed by atoms with Crippen LogP contribution in [0.5, 0.6) is 5.75 Å². The molecule has 3 nitrogen and oxygen atoms in total. The molecular formula is C26H25IN2OS. The van der Waals surface area contributed by atoms with E-state index in [2.05, 4.69) is 103 Å². The van der Waals surface area contributed by atoms with Crippen molar-refractivity contribution < 1.29 is 33.3 Å². The molecule has 0 spiro atoms. The Morgan fingerprint density at radius 2 is 1.74 bits per heavy atom. The van der Waals surface area contributed by atoms with Crippen LogP contribution in [0.15, 0.2) is 66.7 Å². The Bertz CT molecular complexity index is 1290. The first kappa shape index (κ1) is 21.8. The van der Waals surface area contributed by atoms with Gasteiger partial charge in [0.1, 0.15) is 12.8 Å². The van der Waals surface area contributed by atoms with Crippen LogP contribution in [0.1, 0.15) is 25.1 Å². The molecular weight excluding hydrogens is 515 g/mol.